The summed E-state index contributed by atoms with van der Waals surface area (Å²) in [7, 11) is 0. The summed E-state index contributed by atoms with van der Waals surface area (Å²) >= 11 is 0. The van der Waals surface area contributed by atoms with Crippen molar-refractivity contribution in [3.05, 3.63) is 19.6 Å². The molecule has 0 aromatic carbocycles. The lowest BCUT2D eigenvalue weighted by molar-refractivity contribution is 0.00749. The second kappa shape index (κ2) is 3.64. The number of imidazole rings is 1. The number of nitrogens with zero attached hydrogens (tertiary/aromatic N) is 4. The van der Waals surface area contributed by atoms with Gasteiger partial charge in [0.1, 0.15) is 18.1 Å². The summed E-state index contributed by atoms with van der Waals surface area (Å²) in [4.78, 5) is 12.1. The Morgan fingerprint density at radius 3 is 3.00 bits per heavy atom. The number of fused-ring (bicyclic) bond motifs is 1. The maximum Gasteiger partial charge on any atom is 0.167 e. The average molecular weight is 234 g/mol. The maximum absolute atomic E-state index is 9.61. The molecule has 3 rings (SSSR count). The number of nitrogen functional groups attached to an aromatic ring is 1. The van der Waals surface area contributed by atoms with Gasteiger partial charge in [0.05, 0.1) is 18.5 Å². The number of rotatable bonds is 1. The van der Waals surface area contributed by atoms with Crippen LogP contribution in [0.2, 0.25) is 0 Å². The molecule has 0 aliphatic carbocycles. The number of anilines is 1. The second-order valence-corrected chi connectivity index (χ2v) is 4.02. The van der Waals surface area contributed by atoms with Crippen LogP contribution >= 0.6 is 0 Å². The number of nitrogens with two attached hydrogens (primary N) is 1. The van der Waals surface area contributed by atoms with E-state index in [2.05, 4.69) is 21.9 Å². The van der Waals surface area contributed by atoms with Gasteiger partial charge >= 0.3 is 0 Å². The lowest BCUT2D eigenvalue weighted by atomic mass is 10.2. The Bertz CT molecular complexity index is 545. The molecule has 0 bridgehead atoms. The standard InChI is InChI=1S/C10H12N5O2/c1-5-6(16)2-7(17-5)15-4-14-8-9(11)12-3-13-10(8)15/h3-7,16H,1-2H2,(H2,11,12,13)/t5-,6+,7-/m1/s1. The lowest BCUT2D eigenvalue weighted by Crippen LogP contribution is -2.15. The Morgan fingerprint density at radius 1 is 1.47 bits per heavy atom. The number of hydrogen-bond donors (Lipinski definition) is 2. The molecule has 0 unspecified atom stereocenters. The summed E-state index contributed by atoms with van der Waals surface area (Å²) in [6.45, 7) is 3.71. The van der Waals surface area contributed by atoms with E-state index in [0.717, 1.165) is 0 Å². The highest BCUT2D eigenvalue weighted by atomic mass is 16.5. The van der Waals surface area contributed by atoms with Gasteiger partial charge in [-0.3, -0.25) is 4.57 Å². The Hall–Kier alpha value is -1.73. The zero-order valence-corrected chi connectivity index (χ0v) is 9.02. The lowest BCUT2D eigenvalue weighted by Gasteiger charge is -2.12. The van der Waals surface area contributed by atoms with E-state index < -0.39 is 12.2 Å². The molecule has 3 N–H and O–H groups in total. The van der Waals surface area contributed by atoms with E-state index in [1.165, 1.54) is 6.33 Å². The fourth-order valence-corrected chi connectivity index (χ4v) is 1.97. The van der Waals surface area contributed by atoms with Crippen molar-refractivity contribution < 1.29 is 9.84 Å². The number of aliphatic hydroxyl groups excluding tert-OH is 1. The third-order valence-electron chi connectivity index (χ3n) is 2.90. The van der Waals surface area contributed by atoms with Gasteiger partial charge in [0.15, 0.2) is 11.5 Å². The maximum atomic E-state index is 9.61. The molecule has 3 heterocycles. The van der Waals surface area contributed by atoms with Gasteiger partial charge in [0.25, 0.3) is 0 Å². The summed E-state index contributed by atoms with van der Waals surface area (Å²) in [5, 5.41) is 9.61. The predicted molar refractivity (Wildman–Crippen MR) is 59.6 cm³/mol. The molecule has 0 spiro atoms. The summed E-state index contributed by atoms with van der Waals surface area (Å²) in [6, 6.07) is 0. The monoisotopic (exact) mass is 234 g/mol. The van der Waals surface area contributed by atoms with Crippen molar-refractivity contribution in [1.29, 1.82) is 0 Å². The molecule has 1 aliphatic heterocycles. The van der Waals surface area contributed by atoms with E-state index >= 15 is 0 Å². The van der Waals surface area contributed by atoms with Gasteiger partial charge in [-0.05, 0) is 6.92 Å². The van der Waals surface area contributed by atoms with Gasteiger partial charge in [-0.15, -0.1) is 0 Å². The van der Waals surface area contributed by atoms with Crippen molar-refractivity contribution in [2.45, 2.75) is 24.9 Å². The van der Waals surface area contributed by atoms with Gasteiger partial charge in [-0.25, -0.2) is 15.0 Å². The van der Waals surface area contributed by atoms with Gasteiger partial charge in [0.2, 0.25) is 0 Å². The minimum atomic E-state index is -0.573. The molecule has 1 aliphatic rings. The van der Waals surface area contributed by atoms with E-state index in [4.69, 9.17) is 10.5 Å². The Labute approximate surface area is 97.3 Å². The van der Waals surface area contributed by atoms with Crippen LogP contribution in [0.3, 0.4) is 0 Å². The van der Waals surface area contributed by atoms with Crippen molar-refractivity contribution in [2.75, 3.05) is 5.73 Å². The van der Waals surface area contributed by atoms with Gasteiger partial charge in [-0.1, -0.05) is 0 Å². The molecule has 2 aromatic rings. The first-order valence-corrected chi connectivity index (χ1v) is 5.26. The SMILES string of the molecule is [CH2][C@H]1O[C@@H](n2cnc3c(N)ncnc32)C[C@@H]1O. The van der Waals surface area contributed by atoms with Gasteiger partial charge in [0, 0.05) is 6.42 Å². The summed E-state index contributed by atoms with van der Waals surface area (Å²) < 4.78 is 7.26. The van der Waals surface area contributed by atoms with Crippen LogP contribution in [0.5, 0.6) is 0 Å². The second-order valence-electron chi connectivity index (χ2n) is 4.02. The topological polar surface area (TPSA) is 99.1 Å². The molecule has 1 radical (unpaired) electrons. The van der Waals surface area contributed by atoms with Crippen LogP contribution in [0.1, 0.15) is 12.6 Å². The van der Waals surface area contributed by atoms with Crippen LogP contribution in [0.15, 0.2) is 12.7 Å². The molecule has 7 nitrogen and oxygen atoms in total. The molecular weight excluding hydrogens is 222 g/mol. The van der Waals surface area contributed by atoms with E-state index in [1.807, 2.05) is 0 Å². The molecule has 1 saturated heterocycles. The molecule has 2 aromatic heterocycles. The zero-order chi connectivity index (χ0) is 12.0. The quantitative estimate of drug-likeness (QED) is 0.714. The van der Waals surface area contributed by atoms with Crippen LogP contribution in [0.25, 0.3) is 11.2 Å². The summed E-state index contributed by atoms with van der Waals surface area (Å²) in [5.41, 5.74) is 6.83. The van der Waals surface area contributed by atoms with Crippen LogP contribution in [0, 0.1) is 6.92 Å². The molecule has 0 saturated carbocycles. The van der Waals surface area contributed by atoms with Crippen molar-refractivity contribution in [3.63, 3.8) is 0 Å². The Balaban J connectivity index is 2.04. The van der Waals surface area contributed by atoms with Gasteiger partial charge < -0.3 is 15.6 Å². The molecule has 89 valence electrons. The molecule has 17 heavy (non-hydrogen) atoms. The van der Waals surface area contributed by atoms with Crippen molar-refractivity contribution >= 4 is 17.0 Å². The molecule has 3 atom stereocenters. The highest BCUT2D eigenvalue weighted by Gasteiger charge is 2.32. The Kier molecular flexibility index (Phi) is 2.23. The first-order chi connectivity index (χ1) is 8.16. The fraction of sp³-hybridized carbons (Fsp3) is 0.400. The summed E-state index contributed by atoms with van der Waals surface area (Å²) in [5.74, 6) is 0.332. The highest BCUT2D eigenvalue weighted by Crippen LogP contribution is 2.30. The smallest absolute Gasteiger partial charge is 0.167 e. The van der Waals surface area contributed by atoms with E-state index in [1.54, 1.807) is 10.9 Å². The van der Waals surface area contributed by atoms with Crippen molar-refractivity contribution in [2.24, 2.45) is 0 Å². The number of hydrogen-bond acceptors (Lipinski definition) is 6. The third kappa shape index (κ3) is 1.55. The van der Waals surface area contributed by atoms with Crippen LogP contribution in [0.4, 0.5) is 5.82 Å². The molecule has 0 amide bonds. The van der Waals surface area contributed by atoms with Gasteiger partial charge in [-0.2, -0.15) is 0 Å². The number of aromatic nitrogens is 4. The third-order valence-corrected chi connectivity index (χ3v) is 2.90. The fourth-order valence-electron chi connectivity index (χ4n) is 1.97. The minimum Gasteiger partial charge on any atom is -0.390 e. The average Bonchev–Trinajstić information content (AvgIpc) is 2.85. The zero-order valence-electron chi connectivity index (χ0n) is 9.02. The molecular formula is C10H12N5O2. The summed E-state index contributed by atoms with van der Waals surface area (Å²) in [6.07, 6.45) is 2.11. The first kappa shape index (κ1) is 10.4. The van der Waals surface area contributed by atoms with Crippen LogP contribution in [-0.4, -0.2) is 36.8 Å². The van der Waals surface area contributed by atoms with E-state index in [9.17, 15) is 5.11 Å². The number of ether oxygens (including phenoxy) is 1. The van der Waals surface area contributed by atoms with Crippen LogP contribution < -0.4 is 5.73 Å². The number of aliphatic hydroxyl groups is 1. The highest BCUT2D eigenvalue weighted by molar-refractivity contribution is 5.81. The van der Waals surface area contributed by atoms with Crippen molar-refractivity contribution in [1.82, 2.24) is 19.5 Å². The first-order valence-electron chi connectivity index (χ1n) is 5.26. The normalized spacial score (nSPS) is 28.9. The predicted octanol–water partition coefficient (Wildman–Crippen LogP) is -0.109. The molecule has 1 fully saturated rings. The van der Waals surface area contributed by atoms with Crippen molar-refractivity contribution in [3.8, 4) is 0 Å². The molecule has 7 heteroatoms. The van der Waals surface area contributed by atoms with Crippen LogP contribution in [-0.2, 0) is 4.74 Å². The largest absolute Gasteiger partial charge is 0.390 e. The van der Waals surface area contributed by atoms with E-state index in [-0.39, 0.29) is 6.23 Å². The minimum absolute atomic E-state index is 0.313. The van der Waals surface area contributed by atoms with E-state index in [0.29, 0.717) is 23.4 Å². The Morgan fingerprint density at radius 2 is 2.29 bits per heavy atom.